The number of ether oxygens (including phenoxy) is 2. The van der Waals surface area contributed by atoms with Crippen molar-refractivity contribution >= 4 is 80.8 Å². The first kappa shape index (κ1) is 26.0. The first-order valence-corrected chi connectivity index (χ1v) is 12.6. The lowest BCUT2D eigenvalue weighted by atomic mass is 10.2. The molecule has 0 bridgehead atoms. The summed E-state index contributed by atoms with van der Waals surface area (Å²) in [6.45, 7) is 1.76. The van der Waals surface area contributed by atoms with Gasteiger partial charge in [0, 0.05) is 5.69 Å². The fourth-order valence-electron chi connectivity index (χ4n) is 3.42. The number of nitrogens with one attached hydrogen (secondary N) is 1. The van der Waals surface area contributed by atoms with Gasteiger partial charge in [0.05, 0.1) is 27.7 Å². The number of hydrogen-bond acceptors (Lipinski definition) is 6. The SMILES string of the molecule is COc1cc(/C=C2\SC(=S)N(c3ccc(Cl)c(Cl)c3)C2=O)ccc1OCC(=O)Nc1cccc(C)c1. The van der Waals surface area contributed by atoms with Gasteiger partial charge in [-0.05, 0) is 66.6 Å². The molecule has 3 aromatic rings. The number of benzene rings is 3. The molecule has 2 amide bonds. The molecular weight excluding hydrogens is 539 g/mol. The number of carbonyl (C=O) groups is 2. The molecule has 10 heteroatoms. The number of thioether (sulfide) groups is 1. The van der Waals surface area contributed by atoms with Crippen molar-refractivity contribution in [2.45, 2.75) is 6.92 Å². The lowest BCUT2D eigenvalue weighted by molar-refractivity contribution is -0.118. The van der Waals surface area contributed by atoms with Crippen molar-refractivity contribution in [2.75, 3.05) is 23.9 Å². The van der Waals surface area contributed by atoms with Gasteiger partial charge in [0.15, 0.2) is 22.4 Å². The minimum atomic E-state index is -0.294. The smallest absolute Gasteiger partial charge is 0.270 e. The van der Waals surface area contributed by atoms with Crippen LogP contribution in [0, 0.1) is 6.92 Å². The number of amides is 2. The molecule has 3 aromatic carbocycles. The lowest BCUT2D eigenvalue weighted by Gasteiger charge is -2.15. The zero-order valence-electron chi connectivity index (χ0n) is 19.2. The second kappa shape index (κ2) is 11.3. The van der Waals surface area contributed by atoms with Crippen LogP contribution in [0.15, 0.2) is 65.6 Å². The zero-order valence-corrected chi connectivity index (χ0v) is 22.4. The number of carbonyl (C=O) groups excluding carboxylic acids is 2. The molecule has 184 valence electrons. The van der Waals surface area contributed by atoms with Crippen LogP contribution in [0.3, 0.4) is 0 Å². The van der Waals surface area contributed by atoms with Gasteiger partial charge in [-0.25, -0.2) is 0 Å². The average molecular weight is 559 g/mol. The molecule has 0 atom stereocenters. The van der Waals surface area contributed by atoms with Crippen LogP contribution in [0.5, 0.6) is 11.5 Å². The summed E-state index contributed by atoms with van der Waals surface area (Å²) in [6, 6.07) is 17.6. The van der Waals surface area contributed by atoms with Crippen molar-refractivity contribution in [1.29, 1.82) is 0 Å². The second-order valence-electron chi connectivity index (χ2n) is 7.73. The van der Waals surface area contributed by atoms with Crippen molar-refractivity contribution < 1.29 is 19.1 Å². The standard InChI is InChI=1S/C26H20Cl2N2O4S2/c1-15-4-3-5-17(10-15)29-24(31)14-34-21-9-6-16(11-22(21)33-2)12-23-25(32)30(26(35)36-23)18-7-8-19(27)20(28)13-18/h3-13H,14H2,1-2H3,(H,29,31)/b23-12-. The topological polar surface area (TPSA) is 67.9 Å². The van der Waals surface area contributed by atoms with E-state index in [9.17, 15) is 9.59 Å². The Balaban J connectivity index is 1.46. The molecule has 4 rings (SSSR count). The molecule has 1 N–H and O–H groups in total. The maximum atomic E-state index is 13.1. The number of methoxy groups -OCH3 is 1. The first-order chi connectivity index (χ1) is 17.2. The van der Waals surface area contributed by atoms with E-state index in [0.29, 0.717) is 47.7 Å². The normalized spacial score (nSPS) is 14.3. The van der Waals surface area contributed by atoms with Crippen molar-refractivity contribution in [3.05, 3.63) is 86.7 Å². The third-order valence-corrected chi connectivity index (χ3v) is 7.14. The van der Waals surface area contributed by atoms with Gasteiger partial charge in [-0.3, -0.25) is 14.5 Å². The molecule has 0 aromatic heterocycles. The van der Waals surface area contributed by atoms with E-state index < -0.39 is 0 Å². The zero-order chi connectivity index (χ0) is 25.8. The Morgan fingerprint density at radius 3 is 2.61 bits per heavy atom. The molecule has 1 heterocycles. The van der Waals surface area contributed by atoms with E-state index in [1.807, 2.05) is 31.2 Å². The molecule has 0 aliphatic carbocycles. The molecule has 0 unspecified atom stereocenters. The summed E-state index contributed by atoms with van der Waals surface area (Å²) in [4.78, 5) is 27.2. The molecule has 6 nitrogen and oxygen atoms in total. The summed E-state index contributed by atoms with van der Waals surface area (Å²) in [5.74, 6) is 0.262. The van der Waals surface area contributed by atoms with Crippen LogP contribution in [0.4, 0.5) is 11.4 Å². The molecule has 1 aliphatic heterocycles. The third kappa shape index (κ3) is 6.02. The highest BCUT2D eigenvalue weighted by Crippen LogP contribution is 2.38. The molecule has 0 radical (unpaired) electrons. The number of nitrogens with zero attached hydrogens (tertiary/aromatic N) is 1. The van der Waals surface area contributed by atoms with E-state index in [0.717, 1.165) is 5.56 Å². The largest absolute Gasteiger partial charge is 0.493 e. The Kier molecular flexibility index (Phi) is 8.21. The Hall–Kier alpha value is -3.04. The van der Waals surface area contributed by atoms with Gasteiger partial charge in [-0.2, -0.15) is 0 Å². The Morgan fingerprint density at radius 2 is 1.89 bits per heavy atom. The van der Waals surface area contributed by atoms with Gasteiger partial charge < -0.3 is 14.8 Å². The van der Waals surface area contributed by atoms with Crippen molar-refractivity contribution in [3.8, 4) is 11.5 Å². The van der Waals surface area contributed by atoms with E-state index >= 15 is 0 Å². The summed E-state index contributed by atoms with van der Waals surface area (Å²) in [6.07, 6.45) is 1.72. The van der Waals surface area contributed by atoms with E-state index in [2.05, 4.69) is 5.32 Å². The molecule has 0 spiro atoms. The third-order valence-electron chi connectivity index (χ3n) is 5.10. The minimum Gasteiger partial charge on any atom is -0.493 e. The maximum absolute atomic E-state index is 13.1. The van der Waals surface area contributed by atoms with Gasteiger partial charge in [-0.15, -0.1) is 0 Å². The van der Waals surface area contributed by atoms with Crippen molar-refractivity contribution in [2.24, 2.45) is 0 Å². The lowest BCUT2D eigenvalue weighted by Crippen LogP contribution is -2.27. The summed E-state index contributed by atoms with van der Waals surface area (Å²) in [5.41, 5.74) is 2.99. The highest BCUT2D eigenvalue weighted by Gasteiger charge is 2.33. The fraction of sp³-hybridized carbons (Fsp3) is 0.115. The van der Waals surface area contributed by atoms with Crippen LogP contribution in [0.2, 0.25) is 10.0 Å². The van der Waals surface area contributed by atoms with Crippen LogP contribution < -0.4 is 19.7 Å². The Bertz CT molecular complexity index is 1390. The monoisotopic (exact) mass is 558 g/mol. The van der Waals surface area contributed by atoms with Crippen molar-refractivity contribution in [3.63, 3.8) is 0 Å². The number of rotatable bonds is 7. The Morgan fingerprint density at radius 1 is 1.08 bits per heavy atom. The molecule has 1 saturated heterocycles. The predicted molar refractivity (Wildman–Crippen MR) is 150 cm³/mol. The van der Waals surface area contributed by atoms with E-state index in [4.69, 9.17) is 44.9 Å². The van der Waals surface area contributed by atoms with E-state index in [-0.39, 0.29) is 18.4 Å². The molecule has 36 heavy (non-hydrogen) atoms. The summed E-state index contributed by atoms with van der Waals surface area (Å²) in [5, 5.41) is 3.52. The van der Waals surface area contributed by atoms with Gasteiger partial charge in [-0.1, -0.05) is 65.4 Å². The maximum Gasteiger partial charge on any atom is 0.270 e. The minimum absolute atomic E-state index is 0.189. The average Bonchev–Trinajstić information content (AvgIpc) is 3.12. The number of halogens is 2. The molecule has 0 saturated carbocycles. The number of hydrogen-bond donors (Lipinski definition) is 1. The molecule has 1 fully saturated rings. The predicted octanol–water partition coefficient (Wildman–Crippen LogP) is 6.73. The highest BCUT2D eigenvalue weighted by atomic mass is 35.5. The van der Waals surface area contributed by atoms with E-state index in [1.54, 1.807) is 42.5 Å². The summed E-state index contributed by atoms with van der Waals surface area (Å²) >= 11 is 18.7. The number of thiocarbonyl (C=S) groups is 1. The molecular formula is C26H20Cl2N2O4S2. The van der Waals surface area contributed by atoms with Gasteiger partial charge in [0.25, 0.3) is 11.8 Å². The van der Waals surface area contributed by atoms with Crippen molar-refractivity contribution in [1.82, 2.24) is 0 Å². The first-order valence-electron chi connectivity index (χ1n) is 10.7. The van der Waals surface area contributed by atoms with Crippen LogP contribution in [0.25, 0.3) is 6.08 Å². The second-order valence-corrected chi connectivity index (χ2v) is 10.2. The fourth-order valence-corrected chi connectivity index (χ4v) is 5.01. The molecule has 1 aliphatic rings. The highest BCUT2D eigenvalue weighted by molar-refractivity contribution is 8.27. The number of anilines is 2. The Labute approximate surface area is 228 Å². The quantitative estimate of drug-likeness (QED) is 0.256. The van der Waals surface area contributed by atoms with E-state index in [1.165, 1.54) is 23.8 Å². The summed E-state index contributed by atoms with van der Waals surface area (Å²) in [7, 11) is 1.50. The van der Waals surface area contributed by atoms with Gasteiger partial charge in [0.1, 0.15) is 0 Å². The van der Waals surface area contributed by atoms with Crippen LogP contribution in [0.1, 0.15) is 11.1 Å². The van der Waals surface area contributed by atoms with Crippen LogP contribution >= 0.6 is 47.2 Å². The van der Waals surface area contributed by atoms with Crippen LogP contribution in [-0.4, -0.2) is 29.9 Å². The van der Waals surface area contributed by atoms with Crippen LogP contribution in [-0.2, 0) is 9.59 Å². The number of aryl methyl sites for hydroxylation is 1. The summed E-state index contributed by atoms with van der Waals surface area (Å²) < 4.78 is 11.5. The van der Waals surface area contributed by atoms with Gasteiger partial charge in [0.2, 0.25) is 0 Å². The van der Waals surface area contributed by atoms with Gasteiger partial charge >= 0.3 is 0 Å².